The van der Waals surface area contributed by atoms with Gasteiger partial charge in [-0.2, -0.15) is 0 Å². The highest BCUT2D eigenvalue weighted by atomic mass is 19.2. The van der Waals surface area contributed by atoms with Crippen LogP contribution in [0.2, 0.25) is 0 Å². The Bertz CT molecular complexity index is 871. The third-order valence-electron chi connectivity index (χ3n) is 5.52. The molecule has 5 heteroatoms. The van der Waals surface area contributed by atoms with Crippen molar-refractivity contribution in [3.8, 4) is 28.0 Å². The Balaban J connectivity index is 1.57. The smallest absolute Gasteiger partial charge is 0.173 e. The Morgan fingerprint density at radius 1 is 1.04 bits per heavy atom. The molecule has 1 aliphatic carbocycles. The lowest BCUT2D eigenvalue weighted by Gasteiger charge is -2.29. The molecule has 27 heavy (non-hydrogen) atoms. The van der Waals surface area contributed by atoms with Gasteiger partial charge in [0.2, 0.25) is 0 Å². The lowest BCUT2D eigenvalue weighted by Crippen LogP contribution is -2.27. The summed E-state index contributed by atoms with van der Waals surface area (Å²) in [5.74, 6) is -2.17. The van der Waals surface area contributed by atoms with Crippen molar-refractivity contribution < 1.29 is 22.6 Å². The molecule has 1 heterocycles. The van der Waals surface area contributed by atoms with Crippen molar-refractivity contribution in [3.05, 3.63) is 41.2 Å². The Morgan fingerprint density at radius 3 is 2.52 bits per heavy atom. The number of benzene rings is 2. The number of fused-ring (bicyclic) bond motifs is 4. The molecule has 1 saturated heterocycles. The van der Waals surface area contributed by atoms with Crippen molar-refractivity contribution in [2.45, 2.75) is 45.6 Å². The van der Waals surface area contributed by atoms with Crippen molar-refractivity contribution in [2.75, 3.05) is 13.2 Å². The van der Waals surface area contributed by atoms with Gasteiger partial charge in [-0.15, -0.1) is 0 Å². The van der Waals surface area contributed by atoms with Crippen molar-refractivity contribution in [3.63, 3.8) is 0 Å². The molecule has 0 aromatic heterocycles. The molecule has 1 fully saturated rings. The van der Waals surface area contributed by atoms with Crippen LogP contribution in [-0.2, 0) is 11.2 Å². The van der Waals surface area contributed by atoms with Crippen LogP contribution in [-0.4, -0.2) is 19.3 Å². The summed E-state index contributed by atoms with van der Waals surface area (Å²) in [6, 6.07) is 4.94. The Hall–Kier alpha value is -2.01. The van der Waals surface area contributed by atoms with Gasteiger partial charge in [0.05, 0.1) is 19.3 Å². The van der Waals surface area contributed by atoms with Crippen LogP contribution in [0.4, 0.5) is 13.2 Å². The third-order valence-corrected chi connectivity index (χ3v) is 5.52. The van der Waals surface area contributed by atoms with E-state index in [1.54, 1.807) is 18.2 Å². The van der Waals surface area contributed by atoms with Gasteiger partial charge in [0, 0.05) is 17.0 Å². The van der Waals surface area contributed by atoms with Gasteiger partial charge in [-0.1, -0.05) is 13.3 Å². The average molecular weight is 376 g/mol. The average Bonchev–Trinajstić information content (AvgIpc) is 2.65. The topological polar surface area (TPSA) is 18.5 Å². The predicted octanol–water partition coefficient (Wildman–Crippen LogP) is 5.90. The van der Waals surface area contributed by atoms with E-state index in [0.717, 1.165) is 12.8 Å². The first kappa shape index (κ1) is 18.4. The molecule has 1 aliphatic heterocycles. The second-order valence-corrected chi connectivity index (χ2v) is 7.53. The van der Waals surface area contributed by atoms with Gasteiger partial charge < -0.3 is 9.47 Å². The van der Waals surface area contributed by atoms with Gasteiger partial charge in [0.25, 0.3) is 0 Å². The summed E-state index contributed by atoms with van der Waals surface area (Å²) in [6.07, 6.45) is 3.35. The van der Waals surface area contributed by atoms with Crippen molar-refractivity contribution in [1.82, 2.24) is 0 Å². The zero-order valence-corrected chi connectivity index (χ0v) is 15.6. The van der Waals surface area contributed by atoms with Gasteiger partial charge in [0.15, 0.2) is 23.2 Å². The monoisotopic (exact) mass is 376 g/mol. The fourth-order valence-corrected chi connectivity index (χ4v) is 3.94. The molecule has 0 amide bonds. The van der Waals surface area contributed by atoms with E-state index < -0.39 is 17.5 Å². The van der Waals surface area contributed by atoms with E-state index in [2.05, 4.69) is 0 Å². The molecule has 2 nitrogen and oxygen atoms in total. The van der Waals surface area contributed by atoms with E-state index in [4.69, 9.17) is 9.47 Å². The van der Waals surface area contributed by atoms with Gasteiger partial charge in [-0.05, 0) is 61.1 Å². The van der Waals surface area contributed by atoms with E-state index >= 15 is 0 Å². The third kappa shape index (κ3) is 3.12. The predicted molar refractivity (Wildman–Crippen MR) is 98.4 cm³/mol. The number of ether oxygens (including phenoxy) is 2. The maximum absolute atomic E-state index is 14.9. The molecule has 2 atom stereocenters. The molecule has 2 aromatic rings. The largest absolute Gasteiger partial charge is 0.490 e. The summed E-state index contributed by atoms with van der Waals surface area (Å²) < 4.78 is 55.0. The van der Waals surface area contributed by atoms with Gasteiger partial charge >= 0.3 is 0 Å². The second kappa shape index (κ2) is 7.19. The standard InChI is InChI=1S/C22H23F3O2/c1-3-4-14-9-16-15-7-8-17(27-11-13-6-5-12(2)26-10-13)21(24)18(15)19(16)22(25)20(14)23/h7-9,12-13H,3-6,10-11H2,1-2H3. The summed E-state index contributed by atoms with van der Waals surface area (Å²) >= 11 is 0. The Morgan fingerprint density at radius 2 is 1.81 bits per heavy atom. The zero-order valence-electron chi connectivity index (χ0n) is 15.6. The molecule has 0 N–H and O–H groups in total. The first-order chi connectivity index (χ1) is 13.0. The SMILES string of the molecule is CCCc1cc2c(c(F)c1F)-c1c-2ccc(OCC2CCC(C)OC2)c1F. The maximum atomic E-state index is 14.9. The van der Waals surface area contributed by atoms with Crippen LogP contribution in [0.25, 0.3) is 22.3 Å². The maximum Gasteiger partial charge on any atom is 0.173 e. The van der Waals surface area contributed by atoms with Gasteiger partial charge in [-0.25, -0.2) is 13.2 Å². The summed E-state index contributed by atoms with van der Waals surface area (Å²) in [5.41, 5.74) is 1.68. The van der Waals surface area contributed by atoms with Gasteiger partial charge in [0.1, 0.15) is 0 Å². The normalized spacial score (nSPS) is 20.6. The number of halogens is 3. The lowest BCUT2D eigenvalue weighted by molar-refractivity contribution is -0.0175. The van der Waals surface area contributed by atoms with Crippen molar-refractivity contribution in [1.29, 1.82) is 0 Å². The zero-order chi connectivity index (χ0) is 19.1. The minimum Gasteiger partial charge on any atom is -0.490 e. The fraction of sp³-hybridized carbons (Fsp3) is 0.455. The van der Waals surface area contributed by atoms with Crippen LogP contribution < -0.4 is 4.74 Å². The molecule has 0 spiro atoms. The van der Waals surface area contributed by atoms with Gasteiger partial charge in [-0.3, -0.25) is 0 Å². The van der Waals surface area contributed by atoms with E-state index in [9.17, 15) is 13.2 Å². The number of aryl methyl sites for hydroxylation is 1. The minimum absolute atomic E-state index is 0.0279. The van der Waals surface area contributed by atoms with E-state index in [1.807, 2.05) is 13.8 Å². The first-order valence-corrected chi connectivity index (χ1v) is 9.59. The van der Waals surface area contributed by atoms with Crippen LogP contribution in [0.5, 0.6) is 5.75 Å². The number of hydrogen-bond acceptors (Lipinski definition) is 2. The highest BCUT2D eigenvalue weighted by Gasteiger charge is 2.34. The van der Waals surface area contributed by atoms with Crippen LogP contribution in [0.3, 0.4) is 0 Å². The van der Waals surface area contributed by atoms with E-state index in [0.29, 0.717) is 42.7 Å². The Labute approximate surface area is 157 Å². The number of hydrogen-bond donors (Lipinski definition) is 0. The van der Waals surface area contributed by atoms with E-state index in [1.165, 1.54) is 0 Å². The summed E-state index contributed by atoms with van der Waals surface area (Å²) in [7, 11) is 0. The molecule has 2 aromatic carbocycles. The van der Waals surface area contributed by atoms with Crippen LogP contribution >= 0.6 is 0 Å². The molecule has 4 rings (SSSR count). The minimum atomic E-state index is -0.964. The van der Waals surface area contributed by atoms with E-state index in [-0.39, 0.29) is 28.9 Å². The second-order valence-electron chi connectivity index (χ2n) is 7.53. The number of rotatable bonds is 5. The van der Waals surface area contributed by atoms with Crippen LogP contribution in [0.1, 0.15) is 38.7 Å². The van der Waals surface area contributed by atoms with Crippen LogP contribution in [0, 0.1) is 23.4 Å². The molecule has 2 unspecified atom stereocenters. The first-order valence-electron chi connectivity index (χ1n) is 9.59. The highest BCUT2D eigenvalue weighted by Crippen LogP contribution is 2.52. The van der Waals surface area contributed by atoms with Crippen molar-refractivity contribution >= 4 is 0 Å². The summed E-state index contributed by atoms with van der Waals surface area (Å²) in [4.78, 5) is 0. The fourth-order valence-electron chi connectivity index (χ4n) is 3.94. The molecular weight excluding hydrogens is 353 g/mol. The molecular formula is C22H23F3O2. The highest BCUT2D eigenvalue weighted by molar-refractivity contribution is 6.03. The molecule has 0 bridgehead atoms. The Kier molecular flexibility index (Phi) is 4.89. The molecule has 0 saturated carbocycles. The van der Waals surface area contributed by atoms with Crippen LogP contribution in [0.15, 0.2) is 18.2 Å². The molecule has 0 radical (unpaired) electrons. The quantitative estimate of drug-likeness (QED) is 0.552. The van der Waals surface area contributed by atoms with Crippen molar-refractivity contribution in [2.24, 2.45) is 5.92 Å². The lowest BCUT2D eigenvalue weighted by atomic mass is 9.78. The molecule has 144 valence electrons. The summed E-state index contributed by atoms with van der Waals surface area (Å²) in [5, 5.41) is 0. The summed E-state index contributed by atoms with van der Waals surface area (Å²) in [6.45, 7) is 4.88. The molecule has 2 aliphatic rings.